The average molecular weight is 426 g/mol. The number of benzene rings is 2. The van der Waals surface area contributed by atoms with Gasteiger partial charge >= 0.3 is 11.9 Å². The first kappa shape index (κ1) is 21.3. The molecule has 3 N–H and O–H groups in total. The molecule has 0 aliphatic carbocycles. The molecule has 2 aromatic carbocycles. The van der Waals surface area contributed by atoms with E-state index in [4.69, 9.17) is 15.9 Å². The maximum Gasteiger partial charge on any atom is 0.343 e. The number of esters is 2. The van der Waals surface area contributed by atoms with E-state index in [0.717, 1.165) is 15.3 Å². The van der Waals surface area contributed by atoms with Gasteiger partial charge in [-0.15, -0.1) is 0 Å². The van der Waals surface area contributed by atoms with Gasteiger partial charge in [-0.25, -0.2) is 9.78 Å². The lowest BCUT2D eigenvalue weighted by Gasteiger charge is -2.14. The monoisotopic (exact) mass is 426 g/mol. The quantitative estimate of drug-likeness (QED) is 0.246. The summed E-state index contributed by atoms with van der Waals surface area (Å²) in [5.41, 5.74) is 7.19. The zero-order chi connectivity index (χ0) is 21.7. The Morgan fingerprint density at radius 3 is 2.53 bits per heavy atom. The Labute approximate surface area is 177 Å². The van der Waals surface area contributed by atoms with E-state index in [1.54, 1.807) is 42.5 Å². The number of thiazole rings is 1. The van der Waals surface area contributed by atoms with Crippen molar-refractivity contribution < 1.29 is 19.1 Å². The lowest BCUT2D eigenvalue weighted by Crippen LogP contribution is -2.19. The standard InChI is InChI=1S/C21H22N4O4S/c1-25(11-3-4-18(26)28-2)21-24-16-10-7-14(12-17(16)30-21)20(27)29-15-8-5-13(6-9-15)19(22)23/h5-10,12H,3-4,11H2,1-2H3,(H3,22,23). The van der Waals surface area contributed by atoms with Gasteiger partial charge in [0.15, 0.2) is 5.13 Å². The number of aromatic nitrogens is 1. The van der Waals surface area contributed by atoms with Crippen molar-refractivity contribution >= 4 is 44.5 Å². The number of nitrogens with one attached hydrogen (secondary N) is 1. The first-order valence-corrected chi connectivity index (χ1v) is 10.0. The average Bonchev–Trinajstić information content (AvgIpc) is 3.17. The molecule has 0 saturated heterocycles. The highest BCUT2D eigenvalue weighted by molar-refractivity contribution is 7.22. The number of amidine groups is 1. The van der Waals surface area contributed by atoms with Crippen molar-refractivity contribution in [3.05, 3.63) is 53.6 Å². The summed E-state index contributed by atoms with van der Waals surface area (Å²) in [6.45, 7) is 0.667. The van der Waals surface area contributed by atoms with Crippen molar-refractivity contribution in [3.63, 3.8) is 0 Å². The largest absolute Gasteiger partial charge is 0.469 e. The second-order valence-corrected chi connectivity index (χ2v) is 7.62. The lowest BCUT2D eigenvalue weighted by atomic mass is 10.2. The molecule has 0 atom stereocenters. The number of methoxy groups -OCH3 is 1. The molecule has 9 heteroatoms. The van der Waals surface area contributed by atoms with Crippen LogP contribution in [-0.2, 0) is 9.53 Å². The predicted molar refractivity (Wildman–Crippen MR) is 117 cm³/mol. The van der Waals surface area contributed by atoms with Gasteiger partial charge in [-0.3, -0.25) is 10.2 Å². The van der Waals surface area contributed by atoms with Crippen LogP contribution in [-0.4, -0.2) is 43.5 Å². The molecule has 1 heterocycles. The molecule has 0 amide bonds. The summed E-state index contributed by atoms with van der Waals surface area (Å²) in [7, 11) is 3.29. The van der Waals surface area contributed by atoms with Crippen molar-refractivity contribution in [1.29, 1.82) is 5.41 Å². The number of carbonyl (C=O) groups is 2. The van der Waals surface area contributed by atoms with Crippen LogP contribution in [0.5, 0.6) is 5.75 Å². The third-order valence-electron chi connectivity index (χ3n) is 4.42. The van der Waals surface area contributed by atoms with E-state index in [0.29, 0.717) is 36.3 Å². The smallest absolute Gasteiger partial charge is 0.343 e. The van der Waals surface area contributed by atoms with Crippen LogP contribution in [0.25, 0.3) is 10.2 Å². The van der Waals surface area contributed by atoms with Gasteiger partial charge in [0.25, 0.3) is 0 Å². The molecule has 0 radical (unpaired) electrons. The topological polar surface area (TPSA) is 119 Å². The second-order valence-electron chi connectivity index (χ2n) is 6.61. The molecule has 3 rings (SSSR count). The van der Waals surface area contributed by atoms with Crippen molar-refractivity contribution in [2.45, 2.75) is 12.8 Å². The Hall–Kier alpha value is -3.46. The van der Waals surface area contributed by atoms with Crippen LogP contribution in [0, 0.1) is 5.41 Å². The molecular formula is C21H22N4O4S. The summed E-state index contributed by atoms with van der Waals surface area (Å²) in [5.74, 6) is -0.379. The van der Waals surface area contributed by atoms with Crippen LogP contribution in [0.2, 0.25) is 0 Å². The van der Waals surface area contributed by atoms with Crippen molar-refractivity contribution in [1.82, 2.24) is 4.98 Å². The molecule has 0 fully saturated rings. The minimum Gasteiger partial charge on any atom is -0.469 e. The highest BCUT2D eigenvalue weighted by Crippen LogP contribution is 2.29. The van der Waals surface area contributed by atoms with E-state index < -0.39 is 5.97 Å². The fourth-order valence-electron chi connectivity index (χ4n) is 2.73. The number of nitrogens with zero attached hydrogens (tertiary/aromatic N) is 2. The molecule has 0 bridgehead atoms. The molecule has 0 saturated carbocycles. The number of carbonyl (C=O) groups excluding carboxylic acids is 2. The van der Waals surface area contributed by atoms with Crippen LogP contribution in [0.1, 0.15) is 28.8 Å². The van der Waals surface area contributed by atoms with Gasteiger partial charge in [-0.1, -0.05) is 11.3 Å². The maximum atomic E-state index is 12.5. The summed E-state index contributed by atoms with van der Waals surface area (Å²) in [5, 5.41) is 8.20. The maximum absolute atomic E-state index is 12.5. The molecule has 1 aromatic heterocycles. The van der Waals surface area contributed by atoms with E-state index in [9.17, 15) is 9.59 Å². The SMILES string of the molecule is COC(=O)CCCN(C)c1nc2ccc(C(=O)Oc3ccc(C(=N)N)cc3)cc2s1. The van der Waals surface area contributed by atoms with Crippen molar-refractivity contribution in [3.8, 4) is 5.75 Å². The van der Waals surface area contributed by atoms with E-state index in [2.05, 4.69) is 9.72 Å². The number of ether oxygens (including phenoxy) is 2. The second kappa shape index (κ2) is 9.36. The normalized spacial score (nSPS) is 10.6. The number of anilines is 1. The van der Waals surface area contributed by atoms with Crippen LogP contribution >= 0.6 is 11.3 Å². The van der Waals surface area contributed by atoms with Gasteiger partial charge in [0.2, 0.25) is 0 Å². The van der Waals surface area contributed by atoms with Crippen molar-refractivity contribution in [2.75, 3.05) is 25.6 Å². The zero-order valence-electron chi connectivity index (χ0n) is 16.7. The fraction of sp³-hybridized carbons (Fsp3) is 0.238. The van der Waals surface area contributed by atoms with Crippen LogP contribution in [0.4, 0.5) is 5.13 Å². The van der Waals surface area contributed by atoms with Crippen molar-refractivity contribution in [2.24, 2.45) is 5.73 Å². The summed E-state index contributed by atoms with van der Waals surface area (Å²) in [4.78, 5) is 30.3. The van der Waals surface area contributed by atoms with Gasteiger partial charge in [0.1, 0.15) is 11.6 Å². The van der Waals surface area contributed by atoms with Gasteiger partial charge in [0, 0.05) is 25.6 Å². The van der Waals surface area contributed by atoms with Gasteiger partial charge in [-0.05, 0) is 48.9 Å². The van der Waals surface area contributed by atoms with E-state index in [1.165, 1.54) is 18.4 Å². The minimum absolute atomic E-state index is 0.0467. The number of hydrogen-bond acceptors (Lipinski definition) is 8. The molecule has 156 valence electrons. The number of fused-ring (bicyclic) bond motifs is 1. The Balaban J connectivity index is 1.68. The fourth-order valence-corrected chi connectivity index (χ4v) is 3.72. The Morgan fingerprint density at radius 1 is 1.17 bits per heavy atom. The summed E-state index contributed by atoms with van der Waals surface area (Å²) in [6.07, 6.45) is 1.02. The Kier molecular flexibility index (Phi) is 6.63. The third kappa shape index (κ3) is 5.12. The molecular weight excluding hydrogens is 404 g/mol. The van der Waals surface area contributed by atoms with Gasteiger partial charge in [-0.2, -0.15) is 0 Å². The molecule has 8 nitrogen and oxygen atoms in total. The van der Waals surface area contributed by atoms with Gasteiger partial charge < -0.3 is 20.1 Å². The summed E-state index contributed by atoms with van der Waals surface area (Å²) < 4.78 is 10.9. The van der Waals surface area contributed by atoms with E-state index in [-0.39, 0.29) is 11.8 Å². The van der Waals surface area contributed by atoms with Crippen LogP contribution < -0.4 is 15.4 Å². The molecule has 0 unspecified atom stereocenters. The van der Waals surface area contributed by atoms with Crippen LogP contribution in [0.3, 0.4) is 0 Å². The van der Waals surface area contributed by atoms with E-state index >= 15 is 0 Å². The molecule has 0 spiro atoms. The summed E-state index contributed by atoms with van der Waals surface area (Å²) in [6, 6.07) is 11.7. The molecule has 3 aromatic rings. The Morgan fingerprint density at radius 2 is 1.87 bits per heavy atom. The molecule has 0 aliphatic rings. The number of rotatable bonds is 8. The lowest BCUT2D eigenvalue weighted by molar-refractivity contribution is -0.140. The predicted octanol–water partition coefficient (Wildman–Crippen LogP) is 3.19. The third-order valence-corrected chi connectivity index (χ3v) is 5.55. The number of nitrogens with two attached hydrogens (primary N) is 1. The minimum atomic E-state index is -0.478. The molecule has 30 heavy (non-hydrogen) atoms. The number of hydrogen-bond donors (Lipinski definition) is 2. The highest BCUT2D eigenvalue weighted by Gasteiger charge is 2.14. The first-order chi connectivity index (χ1) is 14.4. The van der Waals surface area contributed by atoms with E-state index in [1.807, 2.05) is 11.9 Å². The van der Waals surface area contributed by atoms with Gasteiger partial charge in [0.05, 0.1) is 22.9 Å². The molecule has 0 aliphatic heterocycles. The number of nitrogen functional groups attached to an aromatic ring is 1. The summed E-state index contributed by atoms with van der Waals surface area (Å²) >= 11 is 1.47. The first-order valence-electron chi connectivity index (χ1n) is 9.22. The van der Waals surface area contributed by atoms with Crippen LogP contribution in [0.15, 0.2) is 42.5 Å². The Bertz CT molecular complexity index is 1080. The zero-order valence-corrected chi connectivity index (χ0v) is 17.5. The highest BCUT2D eigenvalue weighted by atomic mass is 32.1.